The molecular formula is C13H14N2O5. The summed E-state index contributed by atoms with van der Waals surface area (Å²) < 4.78 is 4.70. The SMILES string of the molecule is CN(C)C(=O)COC(=O)C=Cc1ccccc1[N+](=O)[O-]. The highest BCUT2D eigenvalue weighted by Crippen LogP contribution is 2.18. The molecule has 0 fully saturated rings. The summed E-state index contributed by atoms with van der Waals surface area (Å²) in [6.07, 6.45) is 2.33. The second kappa shape index (κ2) is 7.03. The van der Waals surface area contributed by atoms with Gasteiger partial charge in [-0.15, -0.1) is 0 Å². The summed E-state index contributed by atoms with van der Waals surface area (Å²) in [6, 6.07) is 5.99. The van der Waals surface area contributed by atoms with E-state index in [1.807, 2.05) is 0 Å². The predicted molar refractivity (Wildman–Crippen MR) is 71.8 cm³/mol. The summed E-state index contributed by atoms with van der Waals surface area (Å²) in [6.45, 7) is -0.368. The van der Waals surface area contributed by atoms with Crippen molar-refractivity contribution in [2.75, 3.05) is 20.7 Å². The molecule has 7 nitrogen and oxygen atoms in total. The van der Waals surface area contributed by atoms with Crippen LogP contribution in [0.5, 0.6) is 0 Å². The third-order valence-electron chi connectivity index (χ3n) is 2.37. The number of rotatable bonds is 5. The van der Waals surface area contributed by atoms with E-state index in [9.17, 15) is 19.7 Å². The molecule has 0 aliphatic carbocycles. The fourth-order valence-electron chi connectivity index (χ4n) is 1.26. The first-order valence-electron chi connectivity index (χ1n) is 5.70. The topological polar surface area (TPSA) is 89.8 Å². The number of esters is 1. The summed E-state index contributed by atoms with van der Waals surface area (Å²) >= 11 is 0. The number of likely N-dealkylation sites (N-methyl/N-ethyl adjacent to an activating group) is 1. The number of nitro groups is 1. The van der Waals surface area contributed by atoms with Crippen LogP contribution < -0.4 is 0 Å². The average Bonchev–Trinajstić information content (AvgIpc) is 2.42. The largest absolute Gasteiger partial charge is 0.452 e. The van der Waals surface area contributed by atoms with Crippen LogP contribution in [0.15, 0.2) is 30.3 Å². The first kappa shape index (κ1) is 15.4. The standard InChI is InChI=1S/C13H14N2O5/c1-14(2)12(16)9-20-13(17)8-7-10-5-3-4-6-11(10)15(18)19/h3-8H,9H2,1-2H3. The highest BCUT2D eigenvalue weighted by atomic mass is 16.6. The molecule has 0 heterocycles. The summed E-state index contributed by atoms with van der Waals surface area (Å²) in [5.74, 6) is -1.09. The van der Waals surface area contributed by atoms with E-state index in [1.54, 1.807) is 20.2 Å². The lowest BCUT2D eigenvalue weighted by Crippen LogP contribution is -2.27. The Hall–Kier alpha value is -2.70. The molecule has 0 unspecified atom stereocenters. The number of ether oxygens (including phenoxy) is 1. The van der Waals surface area contributed by atoms with Crippen molar-refractivity contribution < 1.29 is 19.2 Å². The molecule has 1 rings (SSSR count). The lowest BCUT2D eigenvalue weighted by molar-refractivity contribution is -0.385. The molecule has 7 heteroatoms. The smallest absolute Gasteiger partial charge is 0.331 e. The van der Waals surface area contributed by atoms with E-state index < -0.39 is 10.9 Å². The zero-order valence-electron chi connectivity index (χ0n) is 11.1. The van der Waals surface area contributed by atoms with E-state index in [-0.39, 0.29) is 23.8 Å². The fourth-order valence-corrected chi connectivity index (χ4v) is 1.26. The molecule has 106 valence electrons. The van der Waals surface area contributed by atoms with Gasteiger partial charge in [-0.25, -0.2) is 4.79 Å². The van der Waals surface area contributed by atoms with Gasteiger partial charge in [0.2, 0.25) is 0 Å². The van der Waals surface area contributed by atoms with Crippen molar-refractivity contribution in [2.45, 2.75) is 0 Å². The molecule has 20 heavy (non-hydrogen) atoms. The minimum atomic E-state index is -0.738. The van der Waals surface area contributed by atoms with E-state index in [2.05, 4.69) is 0 Å². The number of para-hydroxylation sites is 1. The third kappa shape index (κ3) is 4.52. The van der Waals surface area contributed by atoms with Crippen LogP contribution >= 0.6 is 0 Å². The van der Waals surface area contributed by atoms with Crippen LogP contribution in [0.1, 0.15) is 5.56 Å². The van der Waals surface area contributed by atoms with Crippen LogP contribution in [0.3, 0.4) is 0 Å². The molecule has 1 aromatic carbocycles. The van der Waals surface area contributed by atoms with Gasteiger partial charge < -0.3 is 9.64 Å². The number of amides is 1. The number of nitrogens with zero attached hydrogens (tertiary/aromatic N) is 2. The minimum absolute atomic E-state index is 0.110. The highest BCUT2D eigenvalue weighted by molar-refractivity contribution is 5.89. The van der Waals surface area contributed by atoms with Crippen LogP contribution in [-0.4, -0.2) is 42.4 Å². The monoisotopic (exact) mass is 278 g/mol. The Morgan fingerprint density at radius 1 is 1.35 bits per heavy atom. The van der Waals surface area contributed by atoms with Gasteiger partial charge in [-0.1, -0.05) is 12.1 Å². The molecule has 0 aliphatic heterocycles. The molecule has 0 atom stereocenters. The Balaban J connectivity index is 2.67. The van der Waals surface area contributed by atoms with Crippen molar-refractivity contribution in [1.29, 1.82) is 0 Å². The van der Waals surface area contributed by atoms with Gasteiger partial charge >= 0.3 is 5.97 Å². The molecule has 0 N–H and O–H groups in total. The van der Waals surface area contributed by atoms with Crippen molar-refractivity contribution in [3.63, 3.8) is 0 Å². The summed E-state index contributed by atoms with van der Waals surface area (Å²) in [5, 5.41) is 10.8. The Morgan fingerprint density at radius 2 is 2.00 bits per heavy atom. The molecule has 1 amide bonds. The van der Waals surface area contributed by atoms with E-state index in [4.69, 9.17) is 4.74 Å². The summed E-state index contributed by atoms with van der Waals surface area (Å²) in [5.41, 5.74) is 0.175. The van der Waals surface area contributed by atoms with Gasteiger partial charge in [0.1, 0.15) is 0 Å². The Kier molecular flexibility index (Phi) is 5.40. The molecule has 0 radical (unpaired) electrons. The maximum Gasteiger partial charge on any atom is 0.331 e. The van der Waals surface area contributed by atoms with Crippen LogP contribution in [0, 0.1) is 10.1 Å². The van der Waals surface area contributed by atoms with Crippen LogP contribution in [-0.2, 0) is 14.3 Å². The first-order chi connectivity index (χ1) is 9.41. The Morgan fingerprint density at radius 3 is 2.60 bits per heavy atom. The molecule has 0 aromatic heterocycles. The van der Waals surface area contributed by atoms with Gasteiger partial charge in [0.25, 0.3) is 11.6 Å². The molecule has 0 aliphatic rings. The Labute approximate surface area is 115 Å². The van der Waals surface area contributed by atoms with Gasteiger partial charge in [-0.05, 0) is 12.1 Å². The quantitative estimate of drug-likeness (QED) is 0.350. The van der Waals surface area contributed by atoms with Gasteiger partial charge in [0, 0.05) is 26.2 Å². The van der Waals surface area contributed by atoms with Crippen LogP contribution in [0.2, 0.25) is 0 Å². The summed E-state index contributed by atoms with van der Waals surface area (Å²) in [4.78, 5) is 34.1. The lowest BCUT2D eigenvalue weighted by Gasteiger charge is -2.09. The van der Waals surface area contributed by atoms with Gasteiger partial charge in [0.05, 0.1) is 10.5 Å². The maximum atomic E-state index is 11.4. The molecule has 0 spiro atoms. The van der Waals surface area contributed by atoms with Crippen molar-refractivity contribution in [3.8, 4) is 0 Å². The number of carbonyl (C=O) groups is 2. The highest BCUT2D eigenvalue weighted by Gasteiger charge is 2.10. The van der Waals surface area contributed by atoms with E-state index in [0.717, 1.165) is 6.08 Å². The molecule has 0 bridgehead atoms. The predicted octanol–water partition coefficient (Wildman–Crippen LogP) is 1.24. The number of nitro benzene ring substituents is 1. The number of hydrogen-bond acceptors (Lipinski definition) is 5. The first-order valence-corrected chi connectivity index (χ1v) is 5.70. The summed E-state index contributed by atoms with van der Waals surface area (Å²) in [7, 11) is 3.08. The van der Waals surface area contributed by atoms with Gasteiger partial charge in [0.15, 0.2) is 6.61 Å². The Bertz CT molecular complexity index is 551. The number of carbonyl (C=O) groups excluding carboxylic acids is 2. The average molecular weight is 278 g/mol. The maximum absolute atomic E-state index is 11.4. The van der Waals surface area contributed by atoms with E-state index in [1.165, 1.54) is 29.2 Å². The zero-order valence-corrected chi connectivity index (χ0v) is 11.1. The van der Waals surface area contributed by atoms with Crippen LogP contribution in [0.25, 0.3) is 6.08 Å². The zero-order chi connectivity index (χ0) is 15.1. The van der Waals surface area contributed by atoms with Crippen molar-refractivity contribution in [1.82, 2.24) is 4.90 Å². The molecule has 0 saturated carbocycles. The van der Waals surface area contributed by atoms with Crippen molar-refractivity contribution in [2.24, 2.45) is 0 Å². The number of hydrogen-bond donors (Lipinski definition) is 0. The molecule has 0 saturated heterocycles. The third-order valence-corrected chi connectivity index (χ3v) is 2.37. The van der Waals surface area contributed by atoms with E-state index >= 15 is 0 Å². The lowest BCUT2D eigenvalue weighted by atomic mass is 10.1. The van der Waals surface area contributed by atoms with Crippen LogP contribution in [0.4, 0.5) is 5.69 Å². The molecule has 1 aromatic rings. The van der Waals surface area contributed by atoms with Crippen molar-refractivity contribution >= 4 is 23.6 Å². The minimum Gasteiger partial charge on any atom is -0.452 e. The van der Waals surface area contributed by atoms with E-state index in [0.29, 0.717) is 0 Å². The molecular weight excluding hydrogens is 264 g/mol. The fraction of sp³-hybridized carbons (Fsp3) is 0.231. The second-order valence-corrected chi connectivity index (χ2v) is 4.05. The number of benzene rings is 1. The van der Waals surface area contributed by atoms with Gasteiger partial charge in [-0.2, -0.15) is 0 Å². The normalized spacial score (nSPS) is 10.3. The van der Waals surface area contributed by atoms with Gasteiger partial charge in [-0.3, -0.25) is 14.9 Å². The second-order valence-electron chi connectivity index (χ2n) is 4.05. The van der Waals surface area contributed by atoms with Crippen molar-refractivity contribution in [3.05, 3.63) is 46.0 Å².